The van der Waals surface area contributed by atoms with Crippen LogP contribution < -0.4 is 5.73 Å². The van der Waals surface area contributed by atoms with Gasteiger partial charge in [0.1, 0.15) is 11.1 Å². The number of nitrogens with zero attached hydrogens (tertiary/aromatic N) is 1. The third-order valence-corrected chi connectivity index (χ3v) is 5.53. The zero-order chi connectivity index (χ0) is 14.2. The van der Waals surface area contributed by atoms with Gasteiger partial charge in [0.05, 0.1) is 12.2 Å². The second kappa shape index (κ2) is 5.15. The Hall–Kier alpha value is -1.05. The highest BCUT2D eigenvalue weighted by Gasteiger charge is 2.44. The van der Waals surface area contributed by atoms with Gasteiger partial charge >= 0.3 is 0 Å². The van der Waals surface area contributed by atoms with Gasteiger partial charge in [-0.3, -0.25) is 0 Å². The first-order chi connectivity index (χ1) is 8.95. The number of ether oxygens (including phenoxy) is 1. The Morgan fingerprint density at radius 3 is 2.47 bits per heavy atom. The summed E-state index contributed by atoms with van der Waals surface area (Å²) in [5, 5.41) is 10.1. The van der Waals surface area contributed by atoms with Crippen LogP contribution in [0.15, 0.2) is 0 Å². The van der Waals surface area contributed by atoms with Crippen molar-refractivity contribution in [3.05, 3.63) is 16.0 Å². The van der Waals surface area contributed by atoms with Crippen LogP contribution in [0.2, 0.25) is 0 Å². The van der Waals surface area contributed by atoms with Gasteiger partial charge in [-0.1, -0.05) is 27.7 Å². The van der Waals surface area contributed by atoms with Crippen LogP contribution in [-0.4, -0.2) is 6.61 Å². The zero-order valence-electron chi connectivity index (χ0n) is 12.1. The molecule has 0 saturated heterocycles. The normalized spacial score (nSPS) is 18.2. The zero-order valence-corrected chi connectivity index (χ0v) is 12.9. The smallest absolute Gasteiger partial charge is 0.104 e. The fourth-order valence-electron chi connectivity index (χ4n) is 3.55. The van der Waals surface area contributed by atoms with Crippen LogP contribution >= 0.6 is 11.3 Å². The van der Waals surface area contributed by atoms with Crippen molar-refractivity contribution < 1.29 is 4.74 Å². The van der Waals surface area contributed by atoms with Gasteiger partial charge in [0.25, 0.3) is 0 Å². The number of fused-ring (bicyclic) bond motifs is 1. The molecule has 2 heterocycles. The Labute approximate surface area is 119 Å². The van der Waals surface area contributed by atoms with Crippen LogP contribution in [0.25, 0.3) is 0 Å². The van der Waals surface area contributed by atoms with Gasteiger partial charge in [-0.15, -0.1) is 11.3 Å². The van der Waals surface area contributed by atoms with Crippen molar-refractivity contribution in [1.29, 1.82) is 5.26 Å². The molecule has 0 atom stereocenters. The SMILES string of the molecule is CC(C)C1(C(C)C)CCOCc2sc(N)c(C#N)c21. The Kier molecular flexibility index (Phi) is 3.89. The Morgan fingerprint density at radius 1 is 1.32 bits per heavy atom. The van der Waals surface area contributed by atoms with Crippen molar-refractivity contribution in [2.24, 2.45) is 11.8 Å². The minimum absolute atomic E-state index is 0.00891. The second-order valence-electron chi connectivity index (χ2n) is 5.90. The highest BCUT2D eigenvalue weighted by Crippen LogP contribution is 2.50. The maximum Gasteiger partial charge on any atom is 0.104 e. The van der Waals surface area contributed by atoms with E-state index in [9.17, 15) is 5.26 Å². The minimum atomic E-state index is -0.00891. The van der Waals surface area contributed by atoms with Crippen LogP contribution in [0.5, 0.6) is 0 Å². The van der Waals surface area contributed by atoms with Gasteiger partial charge in [0.2, 0.25) is 0 Å². The first-order valence-electron chi connectivity index (χ1n) is 6.84. The van der Waals surface area contributed by atoms with Crippen molar-refractivity contribution in [1.82, 2.24) is 0 Å². The number of nitrogens with two attached hydrogens (primary N) is 1. The molecule has 4 heteroatoms. The first-order valence-corrected chi connectivity index (χ1v) is 7.66. The van der Waals surface area contributed by atoms with Gasteiger partial charge in [-0.25, -0.2) is 0 Å². The lowest BCUT2D eigenvalue weighted by Crippen LogP contribution is -2.39. The molecule has 104 valence electrons. The molecule has 0 aliphatic carbocycles. The lowest BCUT2D eigenvalue weighted by molar-refractivity contribution is 0.0938. The van der Waals surface area contributed by atoms with E-state index in [-0.39, 0.29) is 5.41 Å². The number of anilines is 1. The molecule has 2 rings (SSSR count). The largest absolute Gasteiger partial charge is 0.389 e. The molecule has 2 N–H and O–H groups in total. The molecule has 0 radical (unpaired) electrons. The lowest BCUT2D eigenvalue weighted by atomic mass is 9.62. The summed E-state index contributed by atoms with van der Waals surface area (Å²) in [6, 6.07) is 2.33. The lowest BCUT2D eigenvalue weighted by Gasteiger charge is -2.41. The van der Waals surface area contributed by atoms with Gasteiger partial charge < -0.3 is 10.5 Å². The number of nitrogen functional groups attached to an aromatic ring is 1. The molecule has 0 unspecified atom stereocenters. The van der Waals surface area contributed by atoms with E-state index in [0.717, 1.165) is 17.9 Å². The van der Waals surface area contributed by atoms with Crippen LogP contribution in [0.1, 0.15) is 50.1 Å². The molecule has 19 heavy (non-hydrogen) atoms. The maximum absolute atomic E-state index is 9.49. The Morgan fingerprint density at radius 2 is 1.95 bits per heavy atom. The third kappa shape index (κ3) is 2.05. The van der Waals surface area contributed by atoms with Crippen LogP contribution in [0.3, 0.4) is 0 Å². The number of rotatable bonds is 2. The van der Waals surface area contributed by atoms with Crippen LogP contribution in [-0.2, 0) is 16.8 Å². The topological polar surface area (TPSA) is 59.0 Å². The summed E-state index contributed by atoms with van der Waals surface area (Å²) in [7, 11) is 0. The third-order valence-electron chi connectivity index (χ3n) is 4.54. The molecule has 0 aromatic carbocycles. The number of thiophene rings is 1. The van der Waals surface area contributed by atoms with E-state index in [1.54, 1.807) is 0 Å². The molecule has 0 fully saturated rings. The van der Waals surface area contributed by atoms with E-state index in [4.69, 9.17) is 10.5 Å². The summed E-state index contributed by atoms with van der Waals surface area (Å²) in [6.45, 7) is 10.3. The molecule has 1 aromatic rings. The van der Waals surface area contributed by atoms with E-state index in [0.29, 0.717) is 29.0 Å². The number of nitriles is 1. The Bertz CT molecular complexity index is 503. The van der Waals surface area contributed by atoms with Crippen LogP contribution in [0, 0.1) is 23.2 Å². The molecule has 1 aromatic heterocycles. The van der Waals surface area contributed by atoms with Gasteiger partial charge in [-0.2, -0.15) is 5.26 Å². The predicted molar refractivity (Wildman–Crippen MR) is 79.1 cm³/mol. The quantitative estimate of drug-likeness (QED) is 0.898. The van der Waals surface area contributed by atoms with E-state index in [1.165, 1.54) is 16.9 Å². The van der Waals surface area contributed by atoms with Gasteiger partial charge in [0.15, 0.2) is 0 Å². The standard InChI is InChI=1S/C15H22N2OS/c1-9(2)15(10(3)4)5-6-18-8-12-13(15)11(7-16)14(17)19-12/h9-10H,5-6,8,17H2,1-4H3. The number of hydrogen-bond donors (Lipinski definition) is 1. The second-order valence-corrected chi connectivity index (χ2v) is 7.04. The molecular weight excluding hydrogens is 256 g/mol. The Balaban J connectivity index is 2.75. The molecule has 3 nitrogen and oxygen atoms in total. The predicted octanol–water partition coefficient (Wildman–Crippen LogP) is 3.67. The summed E-state index contributed by atoms with van der Waals surface area (Å²) >= 11 is 1.52. The summed E-state index contributed by atoms with van der Waals surface area (Å²) in [6.07, 6.45) is 0.959. The van der Waals surface area contributed by atoms with Gasteiger partial charge in [-0.05, 0) is 23.8 Å². The summed E-state index contributed by atoms with van der Waals surface area (Å²) in [5.74, 6) is 0.906. The summed E-state index contributed by atoms with van der Waals surface area (Å²) in [4.78, 5) is 1.15. The molecule has 0 saturated carbocycles. The van der Waals surface area contributed by atoms with Crippen molar-refractivity contribution in [3.8, 4) is 6.07 Å². The fraction of sp³-hybridized carbons (Fsp3) is 0.667. The monoisotopic (exact) mass is 278 g/mol. The molecule has 0 amide bonds. The van der Waals surface area contributed by atoms with Crippen LogP contribution in [0.4, 0.5) is 5.00 Å². The fourth-order valence-corrected chi connectivity index (χ4v) is 4.61. The average Bonchev–Trinajstić information content (AvgIpc) is 2.54. The number of hydrogen-bond acceptors (Lipinski definition) is 4. The van der Waals surface area contributed by atoms with E-state index in [1.807, 2.05) is 0 Å². The molecule has 0 spiro atoms. The average molecular weight is 278 g/mol. The van der Waals surface area contributed by atoms with E-state index >= 15 is 0 Å². The summed E-state index contributed by atoms with van der Waals surface area (Å²) < 4.78 is 5.73. The molecule has 1 aliphatic heterocycles. The molecular formula is C15H22N2OS. The molecule has 0 bridgehead atoms. The van der Waals surface area contributed by atoms with E-state index < -0.39 is 0 Å². The molecule has 1 aliphatic rings. The van der Waals surface area contributed by atoms with Crippen molar-refractivity contribution >= 4 is 16.3 Å². The first kappa shape index (κ1) is 14.4. The minimum Gasteiger partial charge on any atom is -0.389 e. The van der Waals surface area contributed by atoms with Crippen molar-refractivity contribution in [2.75, 3.05) is 12.3 Å². The highest BCUT2D eigenvalue weighted by atomic mass is 32.1. The maximum atomic E-state index is 9.49. The van der Waals surface area contributed by atoms with E-state index in [2.05, 4.69) is 33.8 Å². The van der Waals surface area contributed by atoms with Crippen molar-refractivity contribution in [2.45, 2.75) is 46.1 Å². The highest BCUT2D eigenvalue weighted by molar-refractivity contribution is 7.16. The van der Waals surface area contributed by atoms with Gasteiger partial charge in [0, 0.05) is 16.9 Å². The summed E-state index contributed by atoms with van der Waals surface area (Å²) in [5.41, 5.74) is 7.89. The van der Waals surface area contributed by atoms with Crippen molar-refractivity contribution in [3.63, 3.8) is 0 Å².